The third kappa shape index (κ3) is 3.63. The average molecular weight is 249 g/mol. The Hall–Kier alpha value is -1.75. The van der Waals surface area contributed by atoms with Crippen molar-refractivity contribution in [2.45, 2.75) is 26.4 Å². The summed E-state index contributed by atoms with van der Waals surface area (Å²) in [6.45, 7) is 6.39. The molecule has 0 unspecified atom stereocenters. The van der Waals surface area contributed by atoms with Crippen LogP contribution in [0, 0.1) is 0 Å². The van der Waals surface area contributed by atoms with Gasteiger partial charge in [0.25, 0.3) is 0 Å². The Bertz CT molecular complexity index is 449. The summed E-state index contributed by atoms with van der Waals surface area (Å²) in [6, 6.07) is 2.31. The Labute approximate surface area is 107 Å². The molecule has 5 heteroatoms. The van der Waals surface area contributed by atoms with Crippen molar-refractivity contribution in [1.29, 1.82) is 0 Å². The molecule has 0 radical (unpaired) electrons. The van der Waals surface area contributed by atoms with Gasteiger partial charge in [0.15, 0.2) is 5.75 Å². The molecule has 0 bridgehead atoms. The topological polar surface area (TPSA) is 52.2 Å². The number of nitrogens with one attached hydrogen (secondary N) is 1. The van der Waals surface area contributed by atoms with Crippen LogP contribution >= 0.6 is 0 Å². The second kappa shape index (κ2) is 6.26. The Morgan fingerprint density at radius 3 is 3.06 bits per heavy atom. The van der Waals surface area contributed by atoms with Gasteiger partial charge < -0.3 is 14.5 Å². The van der Waals surface area contributed by atoms with Crippen LogP contribution in [-0.4, -0.2) is 22.9 Å². The Morgan fingerprint density at radius 1 is 1.50 bits per heavy atom. The first-order valence-corrected chi connectivity index (χ1v) is 6.14. The minimum atomic E-state index is 0.363. The Kier molecular flexibility index (Phi) is 4.41. The van der Waals surface area contributed by atoms with Gasteiger partial charge in [-0.2, -0.15) is 5.10 Å². The van der Waals surface area contributed by atoms with Crippen molar-refractivity contribution >= 4 is 0 Å². The highest BCUT2D eigenvalue weighted by molar-refractivity contribution is 5.12. The summed E-state index contributed by atoms with van der Waals surface area (Å²) < 4.78 is 12.5. The maximum Gasteiger partial charge on any atom is 0.157 e. The van der Waals surface area contributed by atoms with Crippen LogP contribution in [0.2, 0.25) is 0 Å². The van der Waals surface area contributed by atoms with Gasteiger partial charge in [0, 0.05) is 24.7 Å². The molecule has 98 valence electrons. The average Bonchev–Trinajstić information content (AvgIpc) is 2.98. The quantitative estimate of drug-likeness (QED) is 0.764. The fourth-order valence-electron chi connectivity index (χ4n) is 1.54. The zero-order valence-electron chi connectivity index (χ0n) is 10.8. The van der Waals surface area contributed by atoms with Gasteiger partial charge in [0.05, 0.1) is 24.9 Å². The second-order valence-corrected chi connectivity index (χ2v) is 4.41. The summed E-state index contributed by atoms with van der Waals surface area (Å²) in [4.78, 5) is 0. The fourth-order valence-corrected chi connectivity index (χ4v) is 1.54. The number of furan rings is 1. The summed E-state index contributed by atoms with van der Waals surface area (Å²) in [5.74, 6) is 0.814. The first kappa shape index (κ1) is 12.7. The summed E-state index contributed by atoms with van der Waals surface area (Å²) in [6.07, 6.45) is 7.07. The van der Waals surface area contributed by atoms with Crippen molar-refractivity contribution in [3.63, 3.8) is 0 Å². The Balaban J connectivity index is 1.62. The van der Waals surface area contributed by atoms with Gasteiger partial charge in [0.1, 0.15) is 6.61 Å². The molecular weight excluding hydrogens is 230 g/mol. The van der Waals surface area contributed by atoms with Crippen LogP contribution in [0.5, 0.6) is 5.75 Å². The molecule has 0 aliphatic carbocycles. The molecule has 0 saturated carbocycles. The van der Waals surface area contributed by atoms with Crippen molar-refractivity contribution < 1.29 is 9.15 Å². The number of aromatic nitrogens is 2. The van der Waals surface area contributed by atoms with E-state index in [9.17, 15) is 0 Å². The van der Waals surface area contributed by atoms with Gasteiger partial charge >= 0.3 is 0 Å². The fraction of sp³-hybridized carbons (Fsp3) is 0.462. The number of rotatable bonds is 7. The van der Waals surface area contributed by atoms with Crippen LogP contribution in [-0.2, 0) is 6.54 Å². The molecule has 5 nitrogen and oxygen atoms in total. The second-order valence-electron chi connectivity index (χ2n) is 4.41. The van der Waals surface area contributed by atoms with E-state index in [1.807, 2.05) is 16.9 Å². The first-order chi connectivity index (χ1) is 8.75. The molecule has 0 saturated heterocycles. The number of hydrogen-bond donors (Lipinski definition) is 1. The van der Waals surface area contributed by atoms with Crippen LogP contribution < -0.4 is 10.1 Å². The van der Waals surface area contributed by atoms with E-state index in [1.165, 1.54) is 0 Å². The SMILES string of the molecule is CC(C)n1cc(OCCNCc2ccoc2)cn1. The molecule has 2 aromatic heterocycles. The molecule has 0 aliphatic heterocycles. The van der Waals surface area contributed by atoms with Crippen LogP contribution in [0.4, 0.5) is 0 Å². The van der Waals surface area contributed by atoms with Crippen LogP contribution in [0.25, 0.3) is 0 Å². The van der Waals surface area contributed by atoms with Gasteiger partial charge in [0.2, 0.25) is 0 Å². The minimum absolute atomic E-state index is 0.363. The van der Waals surface area contributed by atoms with Gasteiger partial charge in [-0.25, -0.2) is 0 Å². The number of hydrogen-bond acceptors (Lipinski definition) is 4. The molecule has 0 fully saturated rings. The van der Waals surface area contributed by atoms with Crippen molar-refractivity contribution in [2.24, 2.45) is 0 Å². The maximum atomic E-state index is 5.59. The van der Waals surface area contributed by atoms with E-state index < -0.39 is 0 Å². The molecule has 2 aromatic rings. The Morgan fingerprint density at radius 2 is 2.39 bits per heavy atom. The monoisotopic (exact) mass is 249 g/mol. The predicted molar refractivity (Wildman–Crippen MR) is 68.5 cm³/mol. The zero-order chi connectivity index (χ0) is 12.8. The lowest BCUT2D eigenvalue weighted by atomic mass is 10.3. The standard InChI is InChI=1S/C13H19N3O2/c1-11(2)16-9-13(8-15-16)18-6-4-14-7-12-3-5-17-10-12/h3,5,8-11,14H,4,6-7H2,1-2H3. The van der Waals surface area contributed by atoms with Crippen LogP contribution in [0.1, 0.15) is 25.5 Å². The molecule has 0 aromatic carbocycles. The lowest BCUT2D eigenvalue weighted by Crippen LogP contribution is -2.20. The van der Waals surface area contributed by atoms with Crippen molar-refractivity contribution in [2.75, 3.05) is 13.2 Å². The molecule has 2 heterocycles. The van der Waals surface area contributed by atoms with Gasteiger partial charge in [-0.3, -0.25) is 4.68 Å². The summed E-state index contributed by atoms with van der Waals surface area (Å²) >= 11 is 0. The third-order valence-electron chi connectivity index (χ3n) is 2.56. The van der Waals surface area contributed by atoms with E-state index in [1.54, 1.807) is 18.7 Å². The molecule has 0 atom stereocenters. The van der Waals surface area contributed by atoms with E-state index in [0.29, 0.717) is 12.6 Å². The van der Waals surface area contributed by atoms with E-state index >= 15 is 0 Å². The van der Waals surface area contributed by atoms with Gasteiger partial charge in [-0.1, -0.05) is 0 Å². The van der Waals surface area contributed by atoms with Crippen LogP contribution in [0.3, 0.4) is 0 Å². The first-order valence-electron chi connectivity index (χ1n) is 6.14. The van der Waals surface area contributed by atoms with E-state index in [-0.39, 0.29) is 0 Å². The lowest BCUT2D eigenvalue weighted by Gasteiger charge is -2.05. The summed E-state index contributed by atoms with van der Waals surface area (Å²) in [7, 11) is 0. The number of ether oxygens (including phenoxy) is 1. The van der Waals surface area contributed by atoms with E-state index in [4.69, 9.17) is 9.15 Å². The highest BCUT2D eigenvalue weighted by atomic mass is 16.5. The molecule has 0 amide bonds. The summed E-state index contributed by atoms with van der Waals surface area (Å²) in [5, 5.41) is 7.49. The zero-order valence-corrected chi connectivity index (χ0v) is 10.8. The van der Waals surface area contributed by atoms with Gasteiger partial charge in [-0.05, 0) is 19.9 Å². The molecule has 0 spiro atoms. The third-order valence-corrected chi connectivity index (χ3v) is 2.56. The maximum absolute atomic E-state index is 5.59. The smallest absolute Gasteiger partial charge is 0.157 e. The highest BCUT2D eigenvalue weighted by Gasteiger charge is 2.02. The summed E-state index contributed by atoms with van der Waals surface area (Å²) in [5.41, 5.74) is 1.14. The van der Waals surface area contributed by atoms with Crippen molar-refractivity contribution in [3.8, 4) is 5.75 Å². The lowest BCUT2D eigenvalue weighted by molar-refractivity contribution is 0.313. The van der Waals surface area contributed by atoms with Crippen molar-refractivity contribution in [1.82, 2.24) is 15.1 Å². The molecule has 18 heavy (non-hydrogen) atoms. The number of nitrogens with zero attached hydrogens (tertiary/aromatic N) is 2. The molecule has 2 rings (SSSR count). The molecule has 1 N–H and O–H groups in total. The van der Waals surface area contributed by atoms with E-state index in [0.717, 1.165) is 24.4 Å². The predicted octanol–water partition coefficient (Wildman–Crippen LogP) is 2.23. The molecular formula is C13H19N3O2. The van der Waals surface area contributed by atoms with Gasteiger partial charge in [-0.15, -0.1) is 0 Å². The van der Waals surface area contributed by atoms with E-state index in [2.05, 4.69) is 24.3 Å². The normalized spacial score (nSPS) is 11.1. The van der Waals surface area contributed by atoms with Crippen molar-refractivity contribution in [3.05, 3.63) is 36.5 Å². The highest BCUT2D eigenvalue weighted by Crippen LogP contribution is 2.11. The molecule has 0 aliphatic rings. The minimum Gasteiger partial charge on any atom is -0.489 e. The largest absolute Gasteiger partial charge is 0.489 e. The van der Waals surface area contributed by atoms with Crippen LogP contribution in [0.15, 0.2) is 35.4 Å².